The summed E-state index contributed by atoms with van der Waals surface area (Å²) in [6, 6.07) is 4.39. The zero-order valence-corrected chi connectivity index (χ0v) is 8.78. The third-order valence-corrected chi connectivity index (χ3v) is 3.12. The van der Waals surface area contributed by atoms with Crippen molar-refractivity contribution in [3.63, 3.8) is 0 Å². The summed E-state index contributed by atoms with van der Waals surface area (Å²) in [6.45, 7) is 1.59. The molecular formula is C13H15NO. The molecule has 0 radical (unpaired) electrons. The van der Waals surface area contributed by atoms with Crippen LogP contribution in [0.15, 0.2) is 24.4 Å². The van der Waals surface area contributed by atoms with E-state index >= 15 is 0 Å². The lowest BCUT2D eigenvalue weighted by Gasteiger charge is -2.13. The molecule has 2 aliphatic rings. The smallest absolute Gasteiger partial charge is 0.0653 e. The maximum absolute atomic E-state index is 5.30. The van der Waals surface area contributed by atoms with Gasteiger partial charge in [-0.25, -0.2) is 0 Å². The highest BCUT2D eigenvalue weighted by Gasteiger charge is 2.24. The number of pyridine rings is 1. The minimum Gasteiger partial charge on any atom is -0.377 e. The summed E-state index contributed by atoms with van der Waals surface area (Å²) in [5.74, 6) is 0.753. The number of ether oxygens (including phenoxy) is 1. The molecule has 1 aromatic heterocycles. The van der Waals surface area contributed by atoms with E-state index in [-0.39, 0.29) is 0 Å². The fraction of sp³-hybridized carbons (Fsp3) is 0.462. The standard InChI is InChI=1S/C13H15NO/c1-2-11(1)13-4-3-12(9-14-13)10-5-7-15-8-6-10/h3-5,9,11H,1-2,6-8H2. The molecule has 2 heterocycles. The Morgan fingerprint density at radius 2 is 2.20 bits per heavy atom. The summed E-state index contributed by atoms with van der Waals surface area (Å²) < 4.78 is 5.30. The topological polar surface area (TPSA) is 22.1 Å². The van der Waals surface area contributed by atoms with Crippen LogP contribution in [0.5, 0.6) is 0 Å². The molecule has 1 aliphatic heterocycles. The van der Waals surface area contributed by atoms with E-state index in [1.165, 1.54) is 29.7 Å². The lowest BCUT2D eigenvalue weighted by atomic mass is 10.0. The van der Waals surface area contributed by atoms with Crippen molar-refractivity contribution in [2.45, 2.75) is 25.2 Å². The summed E-state index contributed by atoms with van der Waals surface area (Å²) in [5.41, 5.74) is 3.92. The van der Waals surface area contributed by atoms with Gasteiger partial charge < -0.3 is 4.74 Å². The molecule has 0 bridgehead atoms. The molecule has 15 heavy (non-hydrogen) atoms. The molecule has 0 saturated heterocycles. The SMILES string of the molecule is C1=C(c2ccc(C3CC3)nc2)CCOC1. The van der Waals surface area contributed by atoms with Gasteiger partial charge >= 0.3 is 0 Å². The molecule has 2 heteroatoms. The van der Waals surface area contributed by atoms with Crippen molar-refractivity contribution < 1.29 is 4.74 Å². The lowest BCUT2D eigenvalue weighted by molar-refractivity contribution is 0.161. The van der Waals surface area contributed by atoms with Crippen molar-refractivity contribution in [3.05, 3.63) is 35.7 Å². The van der Waals surface area contributed by atoms with Crippen LogP contribution in [0.1, 0.15) is 36.4 Å². The molecule has 0 amide bonds. The molecule has 1 aromatic rings. The zero-order valence-electron chi connectivity index (χ0n) is 8.78. The molecule has 78 valence electrons. The largest absolute Gasteiger partial charge is 0.377 e. The van der Waals surface area contributed by atoms with Gasteiger partial charge in [0.1, 0.15) is 0 Å². The molecule has 0 spiro atoms. The lowest BCUT2D eigenvalue weighted by Crippen LogP contribution is -2.04. The molecule has 1 aliphatic carbocycles. The van der Waals surface area contributed by atoms with Gasteiger partial charge in [0, 0.05) is 17.8 Å². The monoisotopic (exact) mass is 201 g/mol. The van der Waals surface area contributed by atoms with Crippen LogP contribution in [0.3, 0.4) is 0 Å². The number of hydrogen-bond donors (Lipinski definition) is 0. The molecule has 0 unspecified atom stereocenters. The van der Waals surface area contributed by atoms with Crippen LogP contribution in [0.25, 0.3) is 5.57 Å². The molecule has 1 fully saturated rings. The van der Waals surface area contributed by atoms with E-state index < -0.39 is 0 Å². The Kier molecular flexibility index (Phi) is 2.29. The predicted octanol–water partition coefficient (Wildman–Crippen LogP) is 2.76. The highest BCUT2D eigenvalue weighted by molar-refractivity contribution is 5.65. The highest BCUT2D eigenvalue weighted by Crippen LogP contribution is 2.39. The van der Waals surface area contributed by atoms with Gasteiger partial charge in [-0.3, -0.25) is 4.98 Å². The summed E-state index contributed by atoms with van der Waals surface area (Å²) in [4.78, 5) is 4.53. The molecule has 0 atom stereocenters. The van der Waals surface area contributed by atoms with Gasteiger partial charge in [0.05, 0.1) is 13.2 Å². The Hall–Kier alpha value is -1.15. The first-order valence-corrected chi connectivity index (χ1v) is 5.66. The minimum absolute atomic E-state index is 0.750. The van der Waals surface area contributed by atoms with Crippen LogP contribution in [0.2, 0.25) is 0 Å². The Morgan fingerprint density at radius 1 is 1.27 bits per heavy atom. The van der Waals surface area contributed by atoms with Crippen LogP contribution in [0, 0.1) is 0 Å². The maximum Gasteiger partial charge on any atom is 0.0653 e. The van der Waals surface area contributed by atoms with E-state index in [1.54, 1.807) is 0 Å². The van der Waals surface area contributed by atoms with Gasteiger partial charge in [0.2, 0.25) is 0 Å². The Balaban J connectivity index is 1.82. The number of nitrogens with zero attached hydrogens (tertiary/aromatic N) is 1. The first-order chi connectivity index (χ1) is 7.43. The van der Waals surface area contributed by atoms with E-state index in [1.807, 2.05) is 6.20 Å². The van der Waals surface area contributed by atoms with E-state index in [0.717, 1.165) is 25.6 Å². The summed E-state index contributed by atoms with van der Waals surface area (Å²) in [5, 5.41) is 0. The molecule has 0 N–H and O–H groups in total. The minimum atomic E-state index is 0.750. The van der Waals surface area contributed by atoms with Gasteiger partial charge in [-0.1, -0.05) is 12.1 Å². The van der Waals surface area contributed by atoms with Crippen LogP contribution < -0.4 is 0 Å². The molecule has 0 aromatic carbocycles. The second kappa shape index (κ2) is 3.78. The number of hydrogen-bond acceptors (Lipinski definition) is 2. The second-order valence-electron chi connectivity index (χ2n) is 4.30. The van der Waals surface area contributed by atoms with E-state index in [9.17, 15) is 0 Å². The first kappa shape index (κ1) is 9.10. The van der Waals surface area contributed by atoms with Crippen molar-refractivity contribution in [1.29, 1.82) is 0 Å². The van der Waals surface area contributed by atoms with Crippen molar-refractivity contribution in [2.24, 2.45) is 0 Å². The van der Waals surface area contributed by atoms with Gasteiger partial charge in [0.25, 0.3) is 0 Å². The van der Waals surface area contributed by atoms with Crippen LogP contribution in [0.4, 0.5) is 0 Å². The number of aromatic nitrogens is 1. The fourth-order valence-electron chi connectivity index (χ4n) is 2.01. The van der Waals surface area contributed by atoms with Crippen molar-refractivity contribution in [3.8, 4) is 0 Å². The van der Waals surface area contributed by atoms with Crippen LogP contribution >= 0.6 is 0 Å². The number of rotatable bonds is 2. The first-order valence-electron chi connectivity index (χ1n) is 5.66. The summed E-state index contributed by atoms with van der Waals surface area (Å²) >= 11 is 0. The van der Waals surface area contributed by atoms with Crippen molar-refractivity contribution in [2.75, 3.05) is 13.2 Å². The Morgan fingerprint density at radius 3 is 2.80 bits per heavy atom. The zero-order chi connectivity index (χ0) is 10.1. The third kappa shape index (κ3) is 1.95. The van der Waals surface area contributed by atoms with Gasteiger partial charge in [-0.05, 0) is 36.5 Å². The van der Waals surface area contributed by atoms with Crippen molar-refractivity contribution >= 4 is 5.57 Å². The molecule has 2 nitrogen and oxygen atoms in total. The van der Waals surface area contributed by atoms with E-state index in [0.29, 0.717) is 0 Å². The Labute approximate surface area is 90.0 Å². The van der Waals surface area contributed by atoms with Gasteiger partial charge in [0.15, 0.2) is 0 Å². The Bertz CT molecular complexity index is 376. The van der Waals surface area contributed by atoms with Crippen LogP contribution in [-0.4, -0.2) is 18.2 Å². The van der Waals surface area contributed by atoms with Gasteiger partial charge in [-0.15, -0.1) is 0 Å². The molecule has 1 saturated carbocycles. The molecule has 3 rings (SSSR count). The van der Waals surface area contributed by atoms with E-state index in [2.05, 4.69) is 23.2 Å². The molecular weight excluding hydrogens is 186 g/mol. The fourth-order valence-corrected chi connectivity index (χ4v) is 2.01. The summed E-state index contributed by atoms with van der Waals surface area (Å²) in [6.07, 6.45) is 7.85. The average Bonchev–Trinajstić information content (AvgIpc) is 3.15. The average molecular weight is 201 g/mol. The van der Waals surface area contributed by atoms with Crippen molar-refractivity contribution in [1.82, 2.24) is 4.98 Å². The second-order valence-corrected chi connectivity index (χ2v) is 4.30. The summed E-state index contributed by atoms with van der Waals surface area (Å²) in [7, 11) is 0. The quantitative estimate of drug-likeness (QED) is 0.734. The normalized spacial score (nSPS) is 21.2. The maximum atomic E-state index is 5.30. The van der Waals surface area contributed by atoms with Gasteiger partial charge in [-0.2, -0.15) is 0 Å². The predicted molar refractivity (Wildman–Crippen MR) is 59.6 cm³/mol. The highest BCUT2D eigenvalue weighted by atomic mass is 16.5. The van der Waals surface area contributed by atoms with E-state index in [4.69, 9.17) is 4.74 Å². The third-order valence-electron chi connectivity index (χ3n) is 3.12. The van der Waals surface area contributed by atoms with Crippen LogP contribution in [-0.2, 0) is 4.74 Å².